The number of rotatable bonds is 4. The van der Waals surface area contributed by atoms with E-state index in [9.17, 15) is 0 Å². The van der Waals surface area contributed by atoms with Crippen LogP contribution in [0.3, 0.4) is 0 Å². The van der Waals surface area contributed by atoms with Gasteiger partial charge in [0.25, 0.3) is 0 Å². The summed E-state index contributed by atoms with van der Waals surface area (Å²) in [5.41, 5.74) is 5.51. The molecule has 0 spiro atoms. The number of nitrogens with two attached hydrogens (primary N) is 1. The molecule has 0 heterocycles. The van der Waals surface area contributed by atoms with Gasteiger partial charge < -0.3 is 15.8 Å². The van der Waals surface area contributed by atoms with Crippen molar-refractivity contribution >= 4 is 40.7 Å². The molecule has 0 atom stereocenters. The smallest absolute Gasteiger partial charge is 0.188 e. The highest BCUT2D eigenvalue weighted by molar-refractivity contribution is 14.0. The third-order valence-electron chi connectivity index (χ3n) is 2.64. The summed E-state index contributed by atoms with van der Waals surface area (Å²) in [4.78, 5) is 3.80. The van der Waals surface area contributed by atoms with Gasteiger partial charge in [0.1, 0.15) is 12.4 Å². The van der Waals surface area contributed by atoms with Gasteiger partial charge in [-0.05, 0) is 22.9 Å². The van der Waals surface area contributed by atoms with Crippen LogP contribution in [0.2, 0.25) is 0 Å². The predicted octanol–water partition coefficient (Wildman–Crippen LogP) is 2.37. The average molecular weight is 371 g/mol. The van der Waals surface area contributed by atoms with Gasteiger partial charge in [0.15, 0.2) is 5.96 Å². The molecule has 0 saturated carbocycles. The lowest BCUT2D eigenvalue weighted by Gasteiger charge is -2.08. The number of ether oxygens (including phenoxy) is 1. The highest BCUT2D eigenvalue weighted by Crippen LogP contribution is 2.20. The number of nitrogens with zero attached hydrogens (tertiary/aromatic N) is 1. The van der Waals surface area contributed by atoms with Crippen molar-refractivity contribution in [3.63, 3.8) is 0 Å². The number of hydrogen-bond acceptors (Lipinski definition) is 2. The Labute approximate surface area is 130 Å². The monoisotopic (exact) mass is 371 g/mol. The Kier molecular flexibility index (Phi) is 6.41. The summed E-state index contributed by atoms with van der Waals surface area (Å²) in [5.74, 6) is 1.29. The van der Waals surface area contributed by atoms with Crippen molar-refractivity contribution in [2.45, 2.75) is 0 Å². The lowest BCUT2D eigenvalue weighted by molar-refractivity contribution is 0.323. The molecule has 0 radical (unpaired) electrons. The lowest BCUT2D eigenvalue weighted by atomic mass is 10.1. The third-order valence-corrected chi connectivity index (χ3v) is 2.64. The van der Waals surface area contributed by atoms with E-state index in [1.807, 2.05) is 24.3 Å². The summed E-state index contributed by atoms with van der Waals surface area (Å²) >= 11 is 0. The molecular formula is C14H18IN3O. The fraction of sp³-hybridized carbons (Fsp3) is 0.214. The van der Waals surface area contributed by atoms with Crippen LogP contribution in [0.15, 0.2) is 47.5 Å². The molecule has 0 bridgehead atoms. The molecular weight excluding hydrogens is 353 g/mol. The maximum atomic E-state index is 5.64. The van der Waals surface area contributed by atoms with Crippen molar-refractivity contribution in [2.75, 3.05) is 20.2 Å². The van der Waals surface area contributed by atoms with Crippen molar-refractivity contribution in [1.29, 1.82) is 0 Å². The van der Waals surface area contributed by atoms with Gasteiger partial charge in [-0.3, -0.25) is 4.99 Å². The Morgan fingerprint density at radius 2 is 1.95 bits per heavy atom. The van der Waals surface area contributed by atoms with Crippen LogP contribution in [0.1, 0.15) is 0 Å². The van der Waals surface area contributed by atoms with E-state index in [-0.39, 0.29) is 24.0 Å². The van der Waals surface area contributed by atoms with Crippen molar-refractivity contribution in [2.24, 2.45) is 10.7 Å². The summed E-state index contributed by atoms with van der Waals surface area (Å²) in [7, 11) is 1.65. The van der Waals surface area contributed by atoms with Crippen molar-refractivity contribution in [3.8, 4) is 5.75 Å². The Morgan fingerprint density at radius 1 is 1.21 bits per heavy atom. The van der Waals surface area contributed by atoms with Crippen LogP contribution >= 0.6 is 24.0 Å². The fourth-order valence-electron chi connectivity index (χ4n) is 1.68. The summed E-state index contributed by atoms with van der Waals surface area (Å²) in [5, 5.41) is 5.33. The van der Waals surface area contributed by atoms with Crippen molar-refractivity contribution < 1.29 is 4.74 Å². The first kappa shape index (κ1) is 15.6. The minimum Gasteiger partial charge on any atom is -0.492 e. The highest BCUT2D eigenvalue weighted by Gasteiger charge is 1.97. The molecule has 2 aromatic rings. The van der Waals surface area contributed by atoms with E-state index in [2.05, 4.69) is 28.5 Å². The van der Waals surface area contributed by atoms with Crippen LogP contribution in [0.4, 0.5) is 0 Å². The topological polar surface area (TPSA) is 59.6 Å². The maximum absolute atomic E-state index is 5.64. The highest BCUT2D eigenvalue weighted by atomic mass is 127. The summed E-state index contributed by atoms with van der Waals surface area (Å²) in [6.07, 6.45) is 0. The van der Waals surface area contributed by atoms with Gasteiger partial charge in [-0.25, -0.2) is 0 Å². The van der Waals surface area contributed by atoms with Gasteiger partial charge in [0.2, 0.25) is 0 Å². The largest absolute Gasteiger partial charge is 0.492 e. The molecule has 19 heavy (non-hydrogen) atoms. The molecule has 102 valence electrons. The zero-order chi connectivity index (χ0) is 12.8. The molecule has 0 aliphatic rings. The average Bonchev–Trinajstić information content (AvgIpc) is 2.43. The number of guanidine groups is 1. The van der Waals surface area contributed by atoms with E-state index in [1.165, 1.54) is 10.8 Å². The van der Waals surface area contributed by atoms with Gasteiger partial charge in [-0.1, -0.05) is 30.3 Å². The summed E-state index contributed by atoms with van der Waals surface area (Å²) in [6.45, 7) is 1.19. The molecule has 0 aliphatic carbocycles. The molecule has 0 amide bonds. The zero-order valence-corrected chi connectivity index (χ0v) is 13.1. The first-order chi connectivity index (χ1) is 8.79. The number of hydrogen-bond donors (Lipinski definition) is 2. The molecule has 0 unspecified atom stereocenters. The van der Waals surface area contributed by atoms with Gasteiger partial charge in [0, 0.05) is 7.05 Å². The molecule has 2 aromatic carbocycles. The SMILES string of the molecule is CN=C(N)NCCOc1ccc2ccccc2c1.I. The fourth-order valence-corrected chi connectivity index (χ4v) is 1.68. The third kappa shape index (κ3) is 4.59. The van der Waals surface area contributed by atoms with Crippen LogP contribution in [0.25, 0.3) is 10.8 Å². The first-order valence-corrected chi connectivity index (χ1v) is 5.87. The summed E-state index contributed by atoms with van der Waals surface area (Å²) < 4.78 is 5.64. The van der Waals surface area contributed by atoms with Crippen molar-refractivity contribution in [1.82, 2.24) is 5.32 Å². The zero-order valence-electron chi connectivity index (χ0n) is 10.8. The number of halogens is 1. The lowest BCUT2D eigenvalue weighted by Crippen LogP contribution is -2.34. The van der Waals surface area contributed by atoms with E-state index in [4.69, 9.17) is 10.5 Å². The second kappa shape index (κ2) is 7.83. The van der Waals surface area contributed by atoms with Crippen LogP contribution in [-0.2, 0) is 0 Å². The Bertz CT molecular complexity index is 557. The minimum atomic E-state index is 0. The number of benzene rings is 2. The van der Waals surface area contributed by atoms with Crippen LogP contribution in [-0.4, -0.2) is 26.2 Å². The number of nitrogens with one attached hydrogen (secondary N) is 1. The van der Waals surface area contributed by atoms with Gasteiger partial charge in [-0.2, -0.15) is 0 Å². The van der Waals surface area contributed by atoms with E-state index in [1.54, 1.807) is 7.05 Å². The minimum absolute atomic E-state index is 0. The second-order valence-electron chi connectivity index (χ2n) is 3.89. The number of fused-ring (bicyclic) bond motifs is 1. The standard InChI is InChI=1S/C14H17N3O.HI/c1-16-14(15)17-8-9-18-13-7-6-11-4-2-3-5-12(11)10-13;/h2-7,10H,8-9H2,1H3,(H3,15,16,17);1H. The Balaban J connectivity index is 0.00000180. The molecule has 2 rings (SSSR count). The second-order valence-corrected chi connectivity index (χ2v) is 3.89. The first-order valence-electron chi connectivity index (χ1n) is 5.87. The molecule has 4 nitrogen and oxygen atoms in total. The summed E-state index contributed by atoms with van der Waals surface area (Å²) in [6, 6.07) is 14.3. The molecule has 0 aromatic heterocycles. The van der Waals surface area contributed by atoms with Gasteiger partial charge in [-0.15, -0.1) is 24.0 Å². The Morgan fingerprint density at radius 3 is 2.68 bits per heavy atom. The van der Waals surface area contributed by atoms with Crippen molar-refractivity contribution in [3.05, 3.63) is 42.5 Å². The Hall–Kier alpha value is -1.50. The maximum Gasteiger partial charge on any atom is 0.188 e. The molecule has 0 aliphatic heterocycles. The quantitative estimate of drug-likeness (QED) is 0.376. The van der Waals surface area contributed by atoms with Gasteiger partial charge in [0.05, 0.1) is 6.54 Å². The van der Waals surface area contributed by atoms with E-state index < -0.39 is 0 Å². The van der Waals surface area contributed by atoms with Gasteiger partial charge >= 0.3 is 0 Å². The molecule has 5 heteroatoms. The molecule has 0 fully saturated rings. The van der Waals surface area contributed by atoms with Crippen LogP contribution < -0.4 is 15.8 Å². The predicted molar refractivity (Wildman–Crippen MR) is 90.4 cm³/mol. The van der Waals surface area contributed by atoms with Crippen LogP contribution in [0.5, 0.6) is 5.75 Å². The van der Waals surface area contributed by atoms with E-state index >= 15 is 0 Å². The normalized spacial score (nSPS) is 10.9. The van der Waals surface area contributed by atoms with E-state index in [0.29, 0.717) is 19.1 Å². The van der Waals surface area contributed by atoms with E-state index in [0.717, 1.165) is 5.75 Å². The van der Waals surface area contributed by atoms with Crippen LogP contribution in [0, 0.1) is 0 Å². The molecule has 0 saturated heterocycles. The number of aliphatic imine (C=N–C) groups is 1. The molecule has 3 N–H and O–H groups in total.